The lowest BCUT2D eigenvalue weighted by atomic mass is 10.2. The standard InChI is InChI=1S/C17H23N3O3S2/c1-4-20(5-2)25(22,23)16-8-6-7-14(11-16)17(21)18-10-9-15-12-24-13(3)19-15/h6-8,11-12H,4-5,9-10H2,1-3H3,(H,18,21). The number of benzene rings is 1. The van der Waals surface area contributed by atoms with Crippen molar-refractivity contribution in [2.75, 3.05) is 19.6 Å². The highest BCUT2D eigenvalue weighted by molar-refractivity contribution is 7.89. The number of aromatic nitrogens is 1. The summed E-state index contributed by atoms with van der Waals surface area (Å²) in [6, 6.07) is 6.15. The van der Waals surface area contributed by atoms with Gasteiger partial charge in [0.05, 0.1) is 15.6 Å². The Labute approximate surface area is 153 Å². The summed E-state index contributed by atoms with van der Waals surface area (Å²) in [5.74, 6) is -0.288. The monoisotopic (exact) mass is 381 g/mol. The van der Waals surface area contributed by atoms with Crippen molar-refractivity contribution in [2.45, 2.75) is 32.1 Å². The maximum atomic E-state index is 12.6. The van der Waals surface area contributed by atoms with Crippen molar-refractivity contribution in [1.29, 1.82) is 0 Å². The Hall–Kier alpha value is -1.77. The molecule has 0 saturated heterocycles. The Balaban J connectivity index is 2.06. The molecule has 8 heteroatoms. The van der Waals surface area contributed by atoms with Crippen LogP contribution in [0.25, 0.3) is 0 Å². The number of hydrogen-bond donors (Lipinski definition) is 1. The lowest BCUT2D eigenvalue weighted by Gasteiger charge is -2.18. The summed E-state index contributed by atoms with van der Waals surface area (Å²) in [6.45, 7) is 6.75. The average Bonchev–Trinajstić information content (AvgIpc) is 3.01. The summed E-state index contributed by atoms with van der Waals surface area (Å²) in [7, 11) is -3.57. The number of nitrogens with one attached hydrogen (secondary N) is 1. The molecule has 0 atom stereocenters. The van der Waals surface area contributed by atoms with E-state index in [1.807, 2.05) is 12.3 Å². The van der Waals surface area contributed by atoms with Crippen molar-refractivity contribution in [3.8, 4) is 0 Å². The molecule has 1 aromatic carbocycles. The lowest BCUT2D eigenvalue weighted by Crippen LogP contribution is -2.31. The van der Waals surface area contributed by atoms with Crippen molar-refractivity contribution in [3.63, 3.8) is 0 Å². The van der Waals surface area contributed by atoms with E-state index < -0.39 is 10.0 Å². The molecule has 0 fully saturated rings. The van der Waals surface area contributed by atoms with E-state index in [4.69, 9.17) is 0 Å². The summed E-state index contributed by atoms with van der Waals surface area (Å²) >= 11 is 1.58. The van der Waals surface area contributed by atoms with E-state index in [2.05, 4.69) is 10.3 Å². The molecule has 0 saturated carbocycles. The highest BCUT2D eigenvalue weighted by Gasteiger charge is 2.22. The van der Waals surface area contributed by atoms with Crippen LogP contribution < -0.4 is 5.32 Å². The molecule has 0 bridgehead atoms. The number of nitrogens with zero attached hydrogens (tertiary/aromatic N) is 2. The first-order valence-corrected chi connectivity index (χ1v) is 10.5. The number of carbonyl (C=O) groups excluding carboxylic acids is 1. The first kappa shape index (κ1) is 19.6. The quantitative estimate of drug-likeness (QED) is 0.762. The van der Waals surface area contributed by atoms with Gasteiger partial charge in [-0.25, -0.2) is 13.4 Å². The zero-order valence-corrected chi connectivity index (χ0v) is 16.3. The minimum atomic E-state index is -3.57. The zero-order chi connectivity index (χ0) is 18.4. The number of carbonyl (C=O) groups is 1. The molecule has 0 aliphatic heterocycles. The Kier molecular flexibility index (Phi) is 6.69. The molecule has 2 aromatic rings. The number of hydrogen-bond acceptors (Lipinski definition) is 5. The van der Waals surface area contributed by atoms with Gasteiger partial charge in [-0.05, 0) is 25.1 Å². The maximum absolute atomic E-state index is 12.6. The highest BCUT2D eigenvalue weighted by Crippen LogP contribution is 2.17. The Morgan fingerprint density at radius 3 is 2.60 bits per heavy atom. The molecule has 0 aliphatic carbocycles. The largest absolute Gasteiger partial charge is 0.352 e. The van der Waals surface area contributed by atoms with Crippen LogP contribution in [0.4, 0.5) is 0 Å². The fourth-order valence-corrected chi connectivity index (χ4v) is 4.59. The molecule has 1 amide bonds. The normalized spacial score (nSPS) is 11.7. The summed E-state index contributed by atoms with van der Waals surface area (Å²) in [5, 5.41) is 5.78. The van der Waals surface area contributed by atoms with Crippen molar-refractivity contribution in [2.24, 2.45) is 0 Å². The minimum Gasteiger partial charge on any atom is -0.352 e. The smallest absolute Gasteiger partial charge is 0.251 e. The van der Waals surface area contributed by atoms with Crippen LogP contribution in [-0.4, -0.2) is 43.2 Å². The topological polar surface area (TPSA) is 79.4 Å². The van der Waals surface area contributed by atoms with Crippen molar-refractivity contribution in [3.05, 3.63) is 45.9 Å². The number of aryl methyl sites for hydroxylation is 1. The average molecular weight is 382 g/mol. The Morgan fingerprint density at radius 1 is 1.28 bits per heavy atom. The first-order chi connectivity index (χ1) is 11.9. The number of rotatable bonds is 8. The van der Waals surface area contributed by atoms with E-state index in [-0.39, 0.29) is 10.8 Å². The fourth-order valence-electron chi connectivity index (χ4n) is 2.44. The summed E-state index contributed by atoms with van der Waals surface area (Å²) in [6.07, 6.45) is 0.646. The maximum Gasteiger partial charge on any atom is 0.251 e. The molecule has 136 valence electrons. The Morgan fingerprint density at radius 2 is 2.00 bits per heavy atom. The van der Waals surface area contributed by atoms with Crippen molar-refractivity contribution < 1.29 is 13.2 Å². The highest BCUT2D eigenvalue weighted by atomic mass is 32.2. The number of sulfonamides is 1. The molecule has 1 aromatic heterocycles. The van der Waals surface area contributed by atoms with Crippen LogP contribution in [0.15, 0.2) is 34.5 Å². The molecule has 0 unspecified atom stereocenters. The third-order valence-corrected chi connectivity index (χ3v) is 6.64. The van der Waals surface area contributed by atoms with Crippen LogP contribution in [0.2, 0.25) is 0 Å². The third kappa shape index (κ3) is 4.87. The van der Waals surface area contributed by atoms with Crippen LogP contribution >= 0.6 is 11.3 Å². The summed E-state index contributed by atoms with van der Waals surface area (Å²) < 4.78 is 26.5. The number of amides is 1. The molecular weight excluding hydrogens is 358 g/mol. The van der Waals surface area contributed by atoms with Crippen LogP contribution in [-0.2, 0) is 16.4 Å². The van der Waals surface area contributed by atoms with Gasteiger partial charge in [0.25, 0.3) is 5.91 Å². The van der Waals surface area contributed by atoms with Gasteiger partial charge in [0.15, 0.2) is 0 Å². The van der Waals surface area contributed by atoms with E-state index in [0.29, 0.717) is 31.6 Å². The van der Waals surface area contributed by atoms with E-state index in [9.17, 15) is 13.2 Å². The summed E-state index contributed by atoms with van der Waals surface area (Å²) in [5.41, 5.74) is 1.28. The van der Waals surface area contributed by atoms with Gasteiger partial charge in [0, 0.05) is 37.0 Å². The molecule has 6 nitrogen and oxygen atoms in total. The zero-order valence-electron chi connectivity index (χ0n) is 14.7. The van der Waals surface area contributed by atoms with Gasteiger partial charge in [-0.3, -0.25) is 4.79 Å². The molecule has 1 heterocycles. The van der Waals surface area contributed by atoms with E-state index in [0.717, 1.165) is 10.7 Å². The molecule has 0 radical (unpaired) electrons. The SMILES string of the molecule is CCN(CC)S(=O)(=O)c1cccc(C(=O)NCCc2csc(C)n2)c1. The van der Waals surface area contributed by atoms with Gasteiger partial charge in [-0.2, -0.15) is 4.31 Å². The number of thiazole rings is 1. The van der Waals surface area contributed by atoms with E-state index in [1.165, 1.54) is 16.4 Å². The van der Waals surface area contributed by atoms with Gasteiger partial charge in [0.2, 0.25) is 10.0 Å². The molecule has 25 heavy (non-hydrogen) atoms. The van der Waals surface area contributed by atoms with E-state index >= 15 is 0 Å². The van der Waals surface area contributed by atoms with Crippen molar-refractivity contribution in [1.82, 2.24) is 14.6 Å². The second-order valence-electron chi connectivity index (χ2n) is 5.48. The van der Waals surface area contributed by atoms with Crippen molar-refractivity contribution >= 4 is 27.3 Å². The predicted octanol–water partition coefficient (Wildman–Crippen LogP) is 2.45. The molecule has 0 aliphatic rings. The fraction of sp³-hybridized carbons (Fsp3) is 0.412. The molecule has 2 rings (SSSR count). The Bertz CT molecular complexity index is 827. The lowest BCUT2D eigenvalue weighted by molar-refractivity contribution is 0.0954. The second kappa shape index (κ2) is 8.55. The summed E-state index contributed by atoms with van der Waals surface area (Å²) in [4.78, 5) is 16.8. The van der Waals surface area contributed by atoms with Gasteiger partial charge < -0.3 is 5.32 Å². The van der Waals surface area contributed by atoms with Gasteiger partial charge in [-0.1, -0.05) is 19.9 Å². The second-order valence-corrected chi connectivity index (χ2v) is 8.48. The van der Waals surface area contributed by atoms with Gasteiger partial charge in [0.1, 0.15) is 0 Å². The molecule has 1 N–H and O–H groups in total. The first-order valence-electron chi connectivity index (χ1n) is 8.18. The molecule has 0 spiro atoms. The van der Waals surface area contributed by atoms with Gasteiger partial charge in [-0.15, -0.1) is 11.3 Å². The predicted molar refractivity (Wildman–Crippen MR) is 99.4 cm³/mol. The van der Waals surface area contributed by atoms with Crippen LogP contribution in [0, 0.1) is 6.92 Å². The minimum absolute atomic E-state index is 0.138. The van der Waals surface area contributed by atoms with E-state index in [1.54, 1.807) is 37.3 Å². The van der Waals surface area contributed by atoms with Crippen LogP contribution in [0.5, 0.6) is 0 Å². The van der Waals surface area contributed by atoms with Gasteiger partial charge >= 0.3 is 0 Å². The van der Waals surface area contributed by atoms with Crippen LogP contribution in [0.1, 0.15) is 34.9 Å². The molecular formula is C17H23N3O3S2. The third-order valence-electron chi connectivity index (χ3n) is 3.77. The van der Waals surface area contributed by atoms with Crippen LogP contribution in [0.3, 0.4) is 0 Å².